The zero-order chi connectivity index (χ0) is 14.5. The van der Waals surface area contributed by atoms with E-state index in [9.17, 15) is 4.79 Å². The Labute approximate surface area is 115 Å². The van der Waals surface area contributed by atoms with Crippen LogP contribution in [0.4, 0.5) is 11.6 Å². The molecule has 0 radical (unpaired) electrons. The number of hydrogen-bond donors (Lipinski definition) is 2. The Morgan fingerprint density at radius 3 is 2.32 bits per heavy atom. The fourth-order valence-corrected chi connectivity index (χ4v) is 1.53. The van der Waals surface area contributed by atoms with Crippen molar-refractivity contribution >= 4 is 17.4 Å². The highest BCUT2D eigenvalue weighted by atomic mass is 16.1. The van der Waals surface area contributed by atoms with Crippen molar-refractivity contribution in [2.24, 2.45) is 5.41 Å². The first kappa shape index (κ1) is 15.4. The van der Waals surface area contributed by atoms with Crippen LogP contribution in [0.2, 0.25) is 0 Å². The van der Waals surface area contributed by atoms with E-state index in [1.54, 1.807) is 6.92 Å². The summed E-state index contributed by atoms with van der Waals surface area (Å²) in [6.07, 6.45) is 1.06. The highest BCUT2D eigenvalue weighted by molar-refractivity contribution is 5.80. The average molecular weight is 264 g/mol. The highest BCUT2D eigenvalue weighted by Crippen LogP contribution is 2.18. The molecule has 0 unspecified atom stereocenters. The van der Waals surface area contributed by atoms with Crippen molar-refractivity contribution in [1.29, 1.82) is 0 Å². The Kier molecular flexibility index (Phi) is 5.27. The van der Waals surface area contributed by atoms with Gasteiger partial charge in [0.1, 0.15) is 23.2 Å². The van der Waals surface area contributed by atoms with Crippen LogP contribution in [0.5, 0.6) is 0 Å². The summed E-state index contributed by atoms with van der Waals surface area (Å²) in [5.41, 5.74) is 0.296. The summed E-state index contributed by atoms with van der Waals surface area (Å²) >= 11 is 0. The van der Waals surface area contributed by atoms with Crippen LogP contribution in [0.3, 0.4) is 0 Å². The van der Waals surface area contributed by atoms with Crippen molar-refractivity contribution < 1.29 is 4.79 Å². The summed E-state index contributed by atoms with van der Waals surface area (Å²) < 4.78 is 0. The van der Waals surface area contributed by atoms with Crippen LogP contribution < -0.4 is 10.6 Å². The van der Waals surface area contributed by atoms with Crippen LogP contribution >= 0.6 is 0 Å². The van der Waals surface area contributed by atoms with Crippen LogP contribution in [-0.4, -0.2) is 28.8 Å². The lowest BCUT2D eigenvalue weighted by atomic mass is 9.92. The standard InChI is InChI=1S/C14H24N4O/c1-10(19)9-16-13-8-12(17-11(2)18-13)15-7-6-14(3,4)5/h8H,6-7,9H2,1-5H3,(H2,15,16,17,18). The van der Waals surface area contributed by atoms with Gasteiger partial charge in [0, 0.05) is 12.6 Å². The van der Waals surface area contributed by atoms with Crippen LogP contribution in [0.15, 0.2) is 6.07 Å². The Bertz CT molecular complexity index is 438. The van der Waals surface area contributed by atoms with E-state index in [0.29, 0.717) is 17.1 Å². The number of anilines is 2. The summed E-state index contributed by atoms with van der Waals surface area (Å²) in [5.74, 6) is 2.24. The average Bonchev–Trinajstić information content (AvgIpc) is 2.24. The predicted octanol–water partition coefficient (Wildman–Crippen LogP) is 2.63. The minimum Gasteiger partial charge on any atom is -0.370 e. The fourth-order valence-electron chi connectivity index (χ4n) is 1.53. The molecule has 1 aromatic rings. The first-order valence-corrected chi connectivity index (χ1v) is 6.59. The Morgan fingerprint density at radius 2 is 1.79 bits per heavy atom. The lowest BCUT2D eigenvalue weighted by molar-refractivity contribution is -0.115. The number of rotatable bonds is 6. The van der Waals surface area contributed by atoms with Gasteiger partial charge in [0.15, 0.2) is 0 Å². The zero-order valence-corrected chi connectivity index (χ0v) is 12.5. The molecule has 0 saturated heterocycles. The van der Waals surface area contributed by atoms with E-state index in [0.717, 1.165) is 18.8 Å². The highest BCUT2D eigenvalue weighted by Gasteiger charge is 2.09. The summed E-state index contributed by atoms with van der Waals surface area (Å²) in [4.78, 5) is 19.5. The van der Waals surface area contributed by atoms with Crippen molar-refractivity contribution in [1.82, 2.24) is 9.97 Å². The minimum atomic E-state index is 0.0820. The molecule has 1 heterocycles. The number of aryl methyl sites for hydroxylation is 1. The van der Waals surface area contributed by atoms with Gasteiger partial charge in [0.25, 0.3) is 0 Å². The Morgan fingerprint density at radius 1 is 1.21 bits per heavy atom. The van der Waals surface area contributed by atoms with Crippen LogP contribution in [0, 0.1) is 12.3 Å². The molecule has 0 spiro atoms. The number of carbonyl (C=O) groups is 1. The molecule has 19 heavy (non-hydrogen) atoms. The number of ketones is 1. The third kappa shape index (κ3) is 6.74. The largest absolute Gasteiger partial charge is 0.370 e. The Hall–Kier alpha value is -1.65. The molecule has 0 amide bonds. The smallest absolute Gasteiger partial charge is 0.148 e. The molecule has 0 aliphatic carbocycles. The number of aromatic nitrogens is 2. The molecule has 2 N–H and O–H groups in total. The van der Waals surface area contributed by atoms with E-state index in [4.69, 9.17) is 0 Å². The molecule has 0 atom stereocenters. The van der Waals surface area contributed by atoms with Gasteiger partial charge in [-0.05, 0) is 25.7 Å². The maximum atomic E-state index is 10.9. The molecule has 5 heteroatoms. The van der Waals surface area contributed by atoms with Crippen molar-refractivity contribution in [2.45, 2.75) is 41.0 Å². The second-order valence-corrected chi connectivity index (χ2v) is 5.98. The topological polar surface area (TPSA) is 66.9 Å². The van der Waals surface area contributed by atoms with Crippen molar-refractivity contribution in [2.75, 3.05) is 23.7 Å². The van der Waals surface area contributed by atoms with E-state index >= 15 is 0 Å². The maximum absolute atomic E-state index is 10.9. The first-order chi connectivity index (χ1) is 8.76. The van der Waals surface area contributed by atoms with Gasteiger partial charge in [0.2, 0.25) is 0 Å². The predicted molar refractivity (Wildman–Crippen MR) is 78.5 cm³/mol. The summed E-state index contributed by atoms with van der Waals surface area (Å²) in [6, 6.07) is 1.83. The van der Waals surface area contributed by atoms with Crippen LogP contribution in [-0.2, 0) is 4.79 Å². The van der Waals surface area contributed by atoms with E-state index in [2.05, 4.69) is 41.4 Å². The maximum Gasteiger partial charge on any atom is 0.148 e. The van der Waals surface area contributed by atoms with Crippen molar-refractivity contribution in [3.05, 3.63) is 11.9 Å². The normalized spacial score (nSPS) is 11.2. The molecular weight excluding hydrogens is 240 g/mol. The van der Waals surface area contributed by atoms with Crippen LogP contribution in [0.25, 0.3) is 0 Å². The third-order valence-electron chi connectivity index (χ3n) is 2.54. The molecule has 5 nitrogen and oxygen atoms in total. The van der Waals surface area contributed by atoms with Gasteiger partial charge >= 0.3 is 0 Å². The summed E-state index contributed by atoms with van der Waals surface area (Å²) in [5, 5.41) is 6.29. The molecule has 0 saturated carbocycles. The third-order valence-corrected chi connectivity index (χ3v) is 2.54. The molecule has 0 aliphatic heterocycles. The van der Waals surface area contributed by atoms with Gasteiger partial charge in [-0.1, -0.05) is 20.8 Å². The quantitative estimate of drug-likeness (QED) is 0.826. The van der Waals surface area contributed by atoms with Crippen molar-refractivity contribution in [3.8, 4) is 0 Å². The summed E-state index contributed by atoms with van der Waals surface area (Å²) in [7, 11) is 0. The molecule has 0 fully saturated rings. The van der Waals surface area contributed by atoms with Crippen molar-refractivity contribution in [3.63, 3.8) is 0 Å². The lowest BCUT2D eigenvalue weighted by Crippen LogP contribution is -2.15. The SMILES string of the molecule is CC(=O)CNc1cc(NCCC(C)(C)C)nc(C)n1. The fraction of sp³-hybridized carbons (Fsp3) is 0.643. The van der Waals surface area contributed by atoms with E-state index in [-0.39, 0.29) is 12.3 Å². The molecular formula is C14H24N4O. The van der Waals surface area contributed by atoms with E-state index in [1.165, 1.54) is 0 Å². The number of nitrogens with one attached hydrogen (secondary N) is 2. The molecule has 0 bridgehead atoms. The number of Topliss-reactive ketones (excluding diaryl/α,β-unsaturated/α-hetero) is 1. The molecule has 106 valence electrons. The van der Waals surface area contributed by atoms with Gasteiger partial charge in [-0.3, -0.25) is 4.79 Å². The van der Waals surface area contributed by atoms with Gasteiger partial charge < -0.3 is 10.6 Å². The van der Waals surface area contributed by atoms with Gasteiger partial charge in [0.05, 0.1) is 6.54 Å². The van der Waals surface area contributed by atoms with Gasteiger partial charge in [-0.2, -0.15) is 0 Å². The summed E-state index contributed by atoms with van der Waals surface area (Å²) in [6.45, 7) is 11.2. The minimum absolute atomic E-state index is 0.0820. The second-order valence-electron chi connectivity index (χ2n) is 5.98. The van der Waals surface area contributed by atoms with Gasteiger partial charge in [-0.15, -0.1) is 0 Å². The molecule has 0 aliphatic rings. The lowest BCUT2D eigenvalue weighted by Gasteiger charge is -2.18. The van der Waals surface area contributed by atoms with Gasteiger partial charge in [-0.25, -0.2) is 9.97 Å². The van der Waals surface area contributed by atoms with Crippen LogP contribution in [0.1, 0.15) is 39.9 Å². The van der Waals surface area contributed by atoms with E-state index < -0.39 is 0 Å². The number of carbonyl (C=O) groups excluding carboxylic acids is 1. The first-order valence-electron chi connectivity index (χ1n) is 6.59. The van der Waals surface area contributed by atoms with E-state index in [1.807, 2.05) is 13.0 Å². The number of nitrogens with zero attached hydrogens (tertiary/aromatic N) is 2. The monoisotopic (exact) mass is 264 g/mol. The molecule has 1 rings (SSSR count). The molecule has 1 aromatic heterocycles. The second kappa shape index (κ2) is 6.50. The Balaban J connectivity index is 2.60. The number of hydrogen-bond acceptors (Lipinski definition) is 5. The zero-order valence-electron chi connectivity index (χ0n) is 12.5. The molecule has 0 aromatic carbocycles.